The fraction of sp³-hybridized carbons (Fsp3) is 0.222. The van der Waals surface area contributed by atoms with Crippen LogP contribution in [0.1, 0.15) is 21.5 Å². The summed E-state index contributed by atoms with van der Waals surface area (Å²) in [6.45, 7) is 1.69. The summed E-state index contributed by atoms with van der Waals surface area (Å²) in [5.41, 5.74) is 15.0. The highest BCUT2D eigenvalue weighted by atomic mass is 16.6. The fourth-order valence-corrected chi connectivity index (χ4v) is 2.80. The second-order valence-electron chi connectivity index (χ2n) is 5.72. The third-order valence-corrected chi connectivity index (χ3v) is 3.96. The van der Waals surface area contributed by atoms with E-state index in [-0.39, 0.29) is 6.61 Å². The molecule has 4 N–H and O–H groups in total. The van der Waals surface area contributed by atoms with Crippen LogP contribution in [0.2, 0.25) is 0 Å². The molecular formula is C18H20N4O2. The van der Waals surface area contributed by atoms with Gasteiger partial charge in [-0.2, -0.15) is 0 Å². The summed E-state index contributed by atoms with van der Waals surface area (Å²) in [6.07, 6.45) is 1.02. The summed E-state index contributed by atoms with van der Waals surface area (Å²) in [6, 6.07) is 15.2. The van der Waals surface area contributed by atoms with E-state index in [9.17, 15) is 4.79 Å². The lowest BCUT2D eigenvalue weighted by Gasteiger charge is -2.18. The van der Waals surface area contributed by atoms with E-state index in [2.05, 4.69) is 22.2 Å². The number of amidine groups is 1. The van der Waals surface area contributed by atoms with Crippen LogP contribution in [0.3, 0.4) is 0 Å². The lowest BCUT2D eigenvalue weighted by molar-refractivity contribution is 0.0999. The molecular weight excluding hydrogens is 304 g/mol. The molecule has 6 heteroatoms. The number of para-hydroxylation sites is 1. The van der Waals surface area contributed by atoms with Gasteiger partial charge < -0.3 is 21.2 Å². The Hall–Kier alpha value is -3.02. The van der Waals surface area contributed by atoms with Gasteiger partial charge in [0, 0.05) is 17.8 Å². The van der Waals surface area contributed by atoms with Crippen molar-refractivity contribution in [1.82, 2.24) is 0 Å². The number of carbonyl (C=O) groups excluding carboxylic acids is 1. The van der Waals surface area contributed by atoms with E-state index in [0.717, 1.165) is 18.5 Å². The molecule has 0 saturated carbocycles. The van der Waals surface area contributed by atoms with Crippen LogP contribution in [0.15, 0.2) is 53.7 Å². The minimum absolute atomic E-state index is 0.235. The lowest BCUT2D eigenvalue weighted by atomic mass is 10.1. The monoisotopic (exact) mass is 324 g/mol. The van der Waals surface area contributed by atoms with Gasteiger partial charge in [-0.25, -0.2) is 0 Å². The zero-order valence-corrected chi connectivity index (χ0v) is 13.3. The molecule has 0 spiro atoms. The average molecular weight is 324 g/mol. The molecule has 0 unspecified atom stereocenters. The van der Waals surface area contributed by atoms with Crippen molar-refractivity contribution >= 4 is 17.4 Å². The van der Waals surface area contributed by atoms with Crippen molar-refractivity contribution in [2.45, 2.75) is 13.0 Å². The van der Waals surface area contributed by atoms with Crippen LogP contribution < -0.4 is 16.4 Å². The molecule has 0 aliphatic carbocycles. The first kappa shape index (κ1) is 15.9. The second-order valence-corrected chi connectivity index (χ2v) is 5.72. The van der Waals surface area contributed by atoms with Crippen molar-refractivity contribution in [3.05, 3.63) is 65.2 Å². The highest BCUT2D eigenvalue weighted by Crippen LogP contribution is 2.26. The molecule has 24 heavy (non-hydrogen) atoms. The van der Waals surface area contributed by atoms with E-state index >= 15 is 0 Å². The zero-order chi connectivity index (χ0) is 16.9. The maximum Gasteiger partial charge on any atom is 0.248 e. The minimum atomic E-state index is -0.465. The van der Waals surface area contributed by atoms with Crippen LogP contribution in [0.4, 0.5) is 5.69 Å². The molecule has 0 saturated heterocycles. The van der Waals surface area contributed by atoms with E-state index in [0.29, 0.717) is 17.9 Å². The summed E-state index contributed by atoms with van der Waals surface area (Å²) >= 11 is 0. The number of hydrogen-bond acceptors (Lipinski definition) is 4. The molecule has 0 fully saturated rings. The van der Waals surface area contributed by atoms with Gasteiger partial charge >= 0.3 is 0 Å². The number of benzene rings is 2. The highest BCUT2D eigenvalue weighted by Gasteiger charge is 2.18. The van der Waals surface area contributed by atoms with Crippen LogP contribution in [-0.2, 0) is 17.9 Å². The van der Waals surface area contributed by atoms with E-state index < -0.39 is 5.91 Å². The van der Waals surface area contributed by atoms with E-state index in [4.69, 9.17) is 16.3 Å². The quantitative estimate of drug-likeness (QED) is 0.480. The molecule has 1 amide bonds. The van der Waals surface area contributed by atoms with Crippen molar-refractivity contribution in [2.24, 2.45) is 16.6 Å². The molecule has 1 aliphatic heterocycles. The number of amides is 1. The third-order valence-electron chi connectivity index (χ3n) is 3.96. The minimum Gasteiger partial charge on any atom is -0.389 e. The first-order valence-corrected chi connectivity index (χ1v) is 7.79. The summed E-state index contributed by atoms with van der Waals surface area (Å²) in [4.78, 5) is 18.6. The summed E-state index contributed by atoms with van der Waals surface area (Å²) in [7, 11) is 0. The van der Waals surface area contributed by atoms with Gasteiger partial charge in [-0.3, -0.25) is 4.79 Å². The largest absolute Gasteiger partial charge is 0.389 e. The van der Waals surface area contributed by atoms with Crippen molar-refractivity contribution in [1.29, 1.82) is 0 Å². The third kappa shape index (κ3) is 3.65. The van der Waals surface area contributed by atoms with Gasteiger partial charge in [0.25, 0.3) is 0 Å². The average Bonchev–Trinajstić information content (AvgIpc) is 2.98. The van der Waals surface area contributed by atoms with Gasteiger partial charge in [-0.1, -0.05) is 35.5 Å². The Bertz CT molecular complexity index is 773. The highest BCUT2D eigenvalue weighted by molar-refractivity contribution is 5.92. The van der Waals surface area contributed by atoms with Crippen molar-refractivity contribution in [3.8, 4) is 0 Å². The van der Waals surface area contributed by atoms with Gasteiger partial charge in [0.2, 0.25) is 5.91 Å². The number of fused-ring (bicyclic) bond motifs is 1. The maximum atomic E-state index is 11.2. The Morgan fingerprint density at radius 2 is 2.00 bits per heavy atom. The summed E-state index contributed by atoms with van der Waals surface area (Å²) < 4.78 is 0. The normalized spacial score (nSPS) is 13.7. The standard InChI is InChI=1S/C18H20N4O2/c19-17(11-22-9-8-14-5-1-2-7-16(14)22)21-24-12-13-4-3-6-15(10-13)18(20)23/h1-7,10H,8-9,11-12H2,(H2,19,21)(H2,20,23). The van der Waals surface area contributed by atoms with Crippen molar-refractivity contribution in [2.75, 3.05) is 18.0 Å². The van der Waals surface area contributed by atoms with Gasteiger partial charge in [0.05, 0.1) is 6.54 Å². The van der Waals surface area contributed by atoms with Crippen LogP contribution in [0.25, 0.3) is 0 Å². The van der Waals surface area contributed by atoms with Gasteiger partial charge in [0.15, 0.2) is 5.84 Å². The predicted octanol–water partition coefficient (Wildman–Crippen LogP) is 1.64. The molecule has 0 atom stereocenters. The number of carbonyl (C=O) groups is 1. The van der Waals surface area contributed by atoms with Crippen LogP contribution >= 0.6 is 0 Å². The number of oxime groups is 1. The molecule has 0 aromatic heterocycles. The van der Waals surface area contributed by atoms with E-state index in [1.807, 2.05) is 18.2 Å². The Kier molecular flexibility index (Phi) is 4.65. The van der Waals surface area contributed by atoms with Gasteiger partial charge in [0.1, 0.15) is 6.61 Å². The lowest BCUT2D eigenvalue weighted by Crippen LogP contribution is -2.32. The molecule has 2 aromatic rings. The molecule has 1 aliphatic rings. The molecule has 124 valence electrons. The van der Waals surface area contributed by atoms with E-state index in [1.54, 1.807) is 18.2 Å². The van der Waals surface area contributed by atoms with E-state index in [1.165, 1.54) is 11.3 Å². The number of hydrogen-bond donors (Lipinski definition) is 2. The SMILES string of the molecule is NC(=O)c1cccc(CO/N=C(\N)CN2CCc3ccccc32)c1. The van der Waals surface area contributed by atoms with Crippen LogP contribution in [0.5, 0.6) is 0 Å². The smallest absolute Gasteiger partial charge is 0.248 e. The molecule has 0 radical (unpaired) electrons. The number of primary amides is 1. The number of anilines is 1. The molecule has 1 heterocycles. The van der Waals surface area contributed by atoms with Gasteiger partial charge in [-0.05, 0) is 35.7 Å². The topological polar surface area (TPSA) is 93.9 Å². The number of nitrogens with two attached hydrogens (primary N) is 2. The Labute approximate surface area is 140 Å². The Morgan fingerprint density at radius 1 is 1.17 bits per heavy atom. The maximum absolute atomic E-state index is 11.2. The molecule has 0 bridgehead atoms. The number of nitrogens with zero attached hydrogens (tertiary/aromatic N) is 2. The Morgan fingerprint density at radius 3 is 2.83 bits per heavy atom. The summed E-state index contributed by atoms with van der Waals surface area (Å²) in [5, 5.41) is 3.97. The van der Waals surface area contributed by atoms with Crippen molar-refractivity contribution < 1.29 is 9.63 Å². The van der Waals surface area contributed by atoms with Crippen LogP contribution in [-0.4, -0.2) is 24.8 Å². The van der Waals surface area contributed by atoms with Gasteiger partial charge in [-0.15, -0.1) is 0 Å². The first-order chi connectivity index (χ1) is 11.6. The molecule has 3 rings (SSSR count). The second kappa shape index (κ2) is 7.04. The fourth-order valence-electron chi connectivity index (χ4n) is 2.80. The Balaban J connectivity index is 1.56. The van der Waals surface area contributed by atoms with Crippen molar-refractivity contribution in [3.63, 3.8) is 0 Å². The number of rotatable bonds is 6. The summed E-state index contributed by atoms with van der Waals surface area (Å²) in [5.74, 6) is -0.0506. The predicted molar refractivity (Wildman–Crippen MR) is 93.7 cm³/mol. The van der Waals surface area contributed by atoms with Crippen LogP contribution in [0, 0.1) is 0 Å². The molecule has 2 aromatic carbocycles. The first-order valence-electron chi connectivity index (χ1n) is 7.79. The zero-order valence-electron chi connectivity index (χ0n) is 13.3. The molecule has 6 nitrogen and oxygen atoms in total.